The molecule has 0 radical (unpaired) electrons. The minimum atomic E-state index is -0.633. The highest BCUT2D eigenvalue weighted by Crippen LogP contribution is 2.18. The fourth-order valence-electron chi connectivity index (χ4n) is 4.47. The Morgan fingerprint density at radius 3 is 2.57 bits per heavy atom. The molecule has 0 spiro atoms. The summed E-state index contributed by atoms with van der Waals surface area (Å²) in [5.41, 5.74) is 1.40. The maximum absolute atomic E-state index is 13.0. The fourth-order valence-corrected chi connectivity index (χ4v) is 5.55. The molecule has 3 aromatic rings. The SMILES string of the molecule is C#CCNC(=O)C(C#N)=c1sc(=CNc2cccc(OCC(=O)N3CCN(Cc4ccccc4)CC3)c2)c(=O)n1CC. The van der Waals surface area contributed by atoms with Crippen molar-refractivity contribution in [3.05, 3.63) is 79.7 Å². The molecule has 2 N–H and O–H groups in total. The first-order valence-corrected chi connectivity index (χ1v) is 14.3. The lowest BCUT2D eigenvalue weighted by Gasteiger charge is -2.34. The smallest absolute Gasteiger partial charge is 0.270 e. The van der Waals surface area contributed by atoms with Gasteiger partial charge in [-0.2, -0.15) is 5.26 Å². The Balaban J connectivity index is 1.37. The van der Waals surface area contributed by atoms with Crippen molar-refractivity contribution in [2.45, 2.75) is 20.0 Å². The lowest BCUT2D eigenvalue weighted by atomic mass is 10.2. The molecule has 0 atom stereocenters. The second kappa shape index (κ2) is 14.7. The lowest BCUT2D eigenvalue weighted by Crippen LogP contribution is -2.49. The number of amides is 2. The molecule has 2 aromatic carbocycles. The molecule has 2 amide bonds. The highest BCUT2D eigenvalue weighted by atomic mass is 32.1. The van der Waals surface area contributed by atoms with E-state index in [9.17, 15) is 19.6 Å². The molecule has 1 aliphatic heterocycles. The summed E-state index contributed by atoms with van der Waals surface area (Å²) in [4.78, 5) is 42.3. The number of nitriles is 1. The Morgan fingerprint density at radius 1 is 1.12 bits per heavy atom. The molecule has 11 heteroatoms. The normalized spacial score (nSPS) is 14.5. The van der Waals surface area contributed by atoms with Crippen LogP contribution in [0.3, 0.4) is 0 Å². The number of anilines is 1. The zero-order valence-electron chi connectivity index (χ0n) is 23.3. The van der Waals surface area contributed by atoms with Gasteiger partial charge in [-0.1, -0.05) is 42.3 Å². The molecule has 4 rings (SSSR count). The van der Waals surface area contributed by atoms with Gasteiger partial charge in [-0.25, -0.2) is 0 Å². The Morgan fingerprint density at radius 2 is 1.88 bits per heavy atom. The molecule has 1 aliphatic rings. The van der Waals surface area contributed by atoms with Gasteiger partial charge in [-0.3, -0.25) is 23.9 Å². The second-order valence-corrected chi connectivity index (χ2v) is 10.5. The Labute approximate surface area is 248 Å². The molecule has 216 valence electrons. The minimum absolute atomic E-state index is 0.0261. The number of aromatic nitrogens is 1. The molecule has 1 fully saturated rings. The van der Waals surface area contributed by atoms with E-state index in [0.717, 1.165) is 31.0 Å². The summed E-state index contributed by atoms with van der Waals surface area (Å²) in [7, 11) is 0. The van der Waals surface area contributed by atoms with Crippen LogP contribution in [0.2, 0.25) is 0 Å². The average molecular weight is 585 g/mol. The molecule has 1 aromatic heterocycles. The highest BCUT2D eigenvalue weighted by molar-refractivity contribution is 7.07. The molecular weight excluding hydrogens is 552 g/mol. The van der Waals surface area contributed by atoms with E-state index in [1.165, 1.54) is 16.3 Å². The van der Waals surface area contributed by atoms with E-state index in [0.29, 0.717) is 29.1 Å². The van der Waals surface area contributed by atoms with Gasteiger partial charge in [0.15, 0.2) is 12.2 Å². The number of ether oxygens (including phenoxy) is 1. The summed E-state index contributed by atoms with van der Waals surface area (Å²) in [5, 5.41) is 15.1. The molecule has 0 unspecified atom stereocenters. The Bertz CT molecular complexity index is 1670. The number of carbonyl (C=O) groups excluding carboxylic acids is 2. The molecule has 2 heterocycles. The van der Waals surface area contributed by atoms with Gasteiger partial charge in [-0.15, -0.1) is 17.8 Å². The average Bonchev–Trinajstić information content (AvgIpc) is 3.33. The maximum Gasteiger partial charge on any atom is 0.270 e. The molecule has 42 heavy (non-hydrogen) atoms. The van der Waals surface area contributed by atoms with Crippen molar-refractivity contribution in [1.29, 1.82) is 5.26 Å². The van der Waals surface area contributed by atoms with Crippen LogP contribution < -0.4 is 30.1 Å². The summed E-state index contributed by atoms with van der Waals surface area (Å²) < 4.78 is 7.73. The Kier molecular flexibility index (Phi) is 10.5. The zero-order valence-corrected chi connectivity index (χ0v) is 24.2. The fraction of sp³-hybridized carbons (Fsp3) is 0.290. The van der Waals surface area contributed by atoms with Crippen LogP contribution in [-0.4, -0.2) is 65.5 Å². The van der Waals surface area contributed by atoms with Gasteiger partial charge in [0.25, 0.3) is 17.4 Å². The summed E-state index contributed by atoms with van der Waals surface area (Å²) in [6.45, 7) is 5.74. The van der Waals surface area contributed by atoms with Gasteiger partial charge in [0.05, 0.1) is 6.54 Å². The van der Waals surface area contributed by atoms with Gasteiger partial charge < -0.3 is 20.3 Å². The van der Waals surface area contributed by atoms with Gasteiger partial charge in [0.1, 0.15) is 21.0 Å². The number of nitrogens with one attached hydrogen (secondary N) is 2. The number of rotatable bonds is 10. The lowest BCUT2D eigenvalue weighted by molar-refractivity contribution is -0.135. The van der Waals surface area contributed by atoms with Crippen LogP contribution in [-0.2, 0) is 22.7 Å². The molecule has 1 saturated heterocycles. The van der Waals surface area contributed by atoms with Gasteiger partial charge in [0.2, 0.25) is 0 Å². The van der Waals surface area contributed by atoms with Crippen LogP contribution in [0, 0.1) is 23.7 Å². The number of carbonyl (C=O) groups is 2. The van der Waals surface area contributed by atoms with Crippen molar-refractivity contribution in [2.75, 3.05) is 44.6 Å². The molecule has 0 aliphatic carbocycles. The molecule has 0 saturated carbocycles. The van der Waals surface area contributed by atoms with Gasteiger partial charge in [-0.05, 0) is 24.6 Å². The van der Waals surface area contributed by atoms with Crippen molar-refractivity contribution < 1.29 is 14.3 Å². The van der Waals surface area contributed by atoms with Crippen LogP contribution >= 0.6 is 11.3 Å². The number of thiazole rings is 1. The predicted octanol–water partition coefficient (Wildman–Crippen LogP) is 0.927. The number of piperazine rings is 1. The topological polar surface area (TPSA) is 120 Å². The van der Waals surface area contributed by atoms with Crippen molar-refractivity contribution in [3.8, 4) is 24.2 Å². The monoisotopic (exact) mass is 584 g/mol. The van der Waals surface area contributed by atoms with E-state index in [2.05, 4.69) is 33.6 Å². The molecular formula is C31H32N6O4S. The van der Waals surface area contributed by atoms with Crippen LogP contribution in [0.4, 0.5) is 5.69 Å². The van der Waals surface area contributed by atoms with Crippen LogP contribution in [0.15, 0.2) is 59.4 Å². The number of terminal acetylenes is 1. The third-order valence-corrected chi connectivity index (χ3v) is 7.80. The van der Waals surface area contributed by atoms with E-state index in [1.807, 2.05) is 29.2 Å². The first-order valence-electron chi connectivity index (χ1n) is 13.5. The van der Waals surface area contributed by atoms with E-state index in [1.54, 1.807) is 31.2 Å². The standard InChI is InChI=1S/C31H32N6O4S/c1-3-13-33-29(39)26(19-32)31-37(4-2)30(40)27(42-31)20-34-24-11-8-12-25(18-24)41-22-28(38)36-16-14-35(15-17-36)21-23-9-6-5-7-10-23/h1,5-12,18,20,34H,4,13-17,21-22H2,2H3,(H,33,39). The third kappa shape index (κ3) is 7.67. The maximum atomic E-state index is 13.0. The van der Waals surface area contributed by atoms with Crippen molar-refractivity contribution in [1.82, 2.24) is 19.7 Å². The van der Waals surface area contributed by atoms with E-state index in [-0.39, 0.29) is 41.4 Å². The van der Waals surface area contributed by atoms with Crippen molar-refractivity contribution >= 4 is 40.6 Å². The van der Waals surface area contributed by atoms with E-state index < -0.39 is 5.91 Å². The summed E-state index contributed by atoms with van der Waals surface area (Å²) in [6, 6.07) is 19.2. The van der Waals surface area contributed by atoms with Gasteiger partial charge in [0, 0.05) is 57.2 Å². The van der Waals surface area contributed by atoms with Gasteiger partial charge >= 0.3 is 0 Å². The number of hydrogen-bond acceptors (Lipinski definition) is 8. The minimum Gasteiger partial charge on any atom is -0.484 e. The quantitative estimate of drug-likeness (QED) is 0.340. The second-order valence-electron chi connectivity index (χ2n) is 9.44. The molecule has 10 nitrogen and oxygen atoms in total. The predicted molar refractivity (Wildman–Crippen MR) is 163 cm³/mol. The first-order chi connectivity index (χ1) is 20.4. The molecule has 0 bridgehead atoms. The van der Waals surface area contributed by atoms with Crippen LogP contribution in [0.25, 0.3) is 11.8 Å². The largest absolute Gasteiger partial charge is 0.484 e. The summed E-state index contributed by atoms with van der Waals surface area (Å²) in [6.07, 6.45) is 6.71. The van der Waals surface area contributed by atoms with Crippen molar-refractivity contribution in [2.24, 2.45) is 0 Å². The zero-order chi connectivity index (χ0) is 29.9. The van der Waals surface area contributed by atoms with E-state index in [4.69, 9.17) is 11.2 Å². The number of hydrogen-bond donors (Lipinski definition) is 2. The van der Waals surface area contributed by atoms with Crippen molar-refractivity contribution in [3.63, 3.8) is 0 Å². The van der Waals surface area contributed by atoms with E-state index >= 15 is 0 Å². The Hall–Kier alpha value is -4.84. The number of nitrogens with zero attached hydrogens (tertiary/aromatic N) is 4. The third-order valence-electron chi connectivity index (χ3n) is 6.67. The van der Waals surface area contributed by atoms with Crippen LogP contribution in [0.5, 0.6) is 5.75 Å². The van der Waals surface area contributed by atoms with Crippen LogP contribution in [0.1, 0.15) is 12.5 Å². The summed E-state index contributed by atoms with van der Waals surface area (Å²) >= 11 is 1.03. The number of benzene rings is 2. The highest BCUT2D eigenvalue weighted by Gasteiger charge is 2.21. The first kappa shape index (κ1) is 30.1. The summed E-state index contributed by atoms with van der Waals surface area (Å²) in [5.74, 6) is 2.10.